The predicted molar refractivity (Wildman–Crippen MR) is 72.9 cm³/mol. The van der Waals surface area contributed by atoms with Crippen molar-refractivity contribution >= 4 is 21.8 Å². The quantitative estimate of drug-likeness (QED) is 0.755. The van der Waals surface area contributed by atoms with Crippen LogP contribution in [-0.4, -0.2) is 36.3 Å². The molecule has 0 spiro atoms. The first-order valence-electron chi connectivity index (χ1n) is 5.82. The van der Waals surface area contributed by atoms with Crippen molar-refractivity contribution in [3.8, 4) is 5.75 Å². The second kappa shape index (κ2) is 7.36. The van der Waals surface area contributed by atoms with E-state index in [9.17, 15) is 9.18 Å². The number of benzene rings is 1. The molecule has 1 rings (SSSR count). The second-order valence-electron chi connectivity index (χ2n) is 3.83. The summed E-state index contributed by atoms with van der Waals surface area (Å²) in [5.74, 6) is -0.523. The van der Waals surface area contributed by atoms with Crippen LogP contribution >= 0.6 is 15.9 Å². The normalized spacial score (nSPS) is 10.2. The molecule has 0 saturated heterocycles. The van der Waals surface area contributed by atoms with Crippen LogP contribution in [0.25, 0.3) is 0 Å². The van der Waals surface area contributed by atoms with E-state index < -0.39 is 5.82 Å². The molecule has 1 aromatic carbocycles. The van der Waals surface area contributed by atoms with E-state index >= 15 is 0 Å². The first-order chi connectivity index (χ1) is 8.63. The number of amides is 1. The lowest BCUT2D eigenvalue weighted by Gasteiger charge is -2.21. The Morgan fingerprint density at radius 2 is 2.17 bits per heavy atom. The van der Waals surface area contributed by atoms with Crippen LogP contribution in [0.15, 0.2) is 18.2 Å². The van der Waals surface area contributed by atoms with Crippen molar-refractivity contribution in [1.82, 2.24) is 4.90 Å². The van der Waals surface area contributed by atoms with E-state index in [1.807, 2.05) is 6.92 Å². The molecule has 0 aliphatic carbocycles. The SMILES string of the molecule is CCCN(CCBr)C(=O)c1ccc(OC)c(F)c1. The molecule has 0 heterocycles. The smallest absolute Gasteiger partial charge is 0.253 e. The number of alkyl halides is 1. The molecular weight excluding hydrogens is 301 g/mol. The van der Waals surface area contributed by atoms with Crippen LogP contribution in [0, 0.1) is 5.82 Å². The highest BCUT2D eigenvalue weighted by atomic mass is 79.9. The Bertz CT molecular complexity index is 406. The number of nitrogens with zero attached hydrogens (tertiary/aromatic N) is 1. The highest BCUT2D eigenvalue weighted by molar-refractivity contribution is 9.09. The van der Waals surface area contributed by atoms with E-state index in [1.54, 1.807) is 11.0 Å². The lowest BCUT2D eigenvalue weighted by molar-refractivity contribution is 0.0766. The monoisotopic (exact) mass is 317 g/mol. The van der Waals surface area contributed by atoms with Gasteiger partial charge in [0.2, 0.25) is 0 Å². The van der Waals surface area contributed by atoms with Gasteiger partial charge in [0.05, 0.1) is 7.11 Å². The van der Waals surface area contributed by atoms with Crippen LogP contribution in [-0.2, 0) is 0 Å². The van der Waals surface area contributed by atoms with E-state index in [1.165, 1.54) is 19.2 Å². The first-order valence-corrected chi connectivity index (χ1v) is 6.95. The fraction of sp³-hybridized carbons (Fsp3) is 0.462. The van der Waals surface area contributed by atoms with E-state index in [0.717, 1.165) is 6.42 Å². The molecule has 5 heteroatoms. The lowest BCUT2D eigenvalue weighted by Crippen LogP contribution is -2.33. The van der Waals surface area contributed by atoms with Crippen molar-refractivity contribution in [2.45, 2.75) is 13.3 Å². The van der Waals surface area contributed by atoms with Crippen LogP contribution in [0.1, 0.15) is 23.7 Å². The van der Waals surface area contributed by atoms with Crippen molar-refractivity contribution in [2.24, 2.45) is 0 Å². The Labute approximate surface area is 115 Å². The summed E-state index contributed by atoms with van der Waals surface area (Å²) in [6.07, 6.45) is 0.872. The molecule has 0 N–H and O–H groups in total. The molecule has 0 aliphatic heterocycles. The molecule has 3 nitrogen and oxygen atoms in total. The predicted octanol–water partition coefficient (Wildman–Crippen LogP) is 3.08. The maximum Gasteiger partial charge on any atom is 0.253 e. The van der Waals surface area contributed by atoms with Gasteiger partial charge in [0, 0.05) is 24.0 Å². The number of carbonyl (C=O) groups excluding carboxylic acids is 1. The van der Waals surface area contributed by atoms with E-state index in [0.29, 0.717) is 24.0 Å². The van der Waals surface area contributed by atoms with Crippen LogP contribution in [0.3, 0.4) is 0 Å². The highest BCUT2D eigenvalue weighted by Crippen LogP contribution is 2.18. The number of carbonyl (C=O) groups is 1. The van der Waals surface area contributed by atoms with Crippen LogP contribution < -0.4 is 4.74 Å². The molecule has 18 heavy (non-hydrogen) atoms. The average Bonchev–Trinajstić information content (AvgIpc) is 2.37. The third-order valence-corrected chi connectivity index (χ3v) is 2.89. The Hall–Kier alpha value is -1.10. The molecule has 0 unspecified atom stereocenters. The van der Waals surface area contributed by atoms with Crippen molar-refractivity contribution in [3.63, 3.8) is 0 Å². The molecule has 0 bridgehead atoms. The van der Waals surface area contributed by atoms with E-state index in [4.69, 9.17) is 4.74 Å². The molecule has 0 saturated carbocycles. The number of rotatable bonds is 6. The van der Waals surface area contributed by atoms with Crippen molar-refractivity contribution in [1.29, 1.82) is 0 Å². The first kappa shape index (κ1) is 15.0. The largest absolute Gasteiger partial charge is 0.494 e. The number of hydrogen-bond donors (Lipinski definition) is 0. The topological polar surface area (TPSA) is 29.5 Å². The van der Waals surface area contributed by atoms with Crippen LogP contribution in [0.5, 0.6) is 5.75 Å². The van der Waals surface area contributed by atoms with Gasteiger partial charge >= 0.3 is 0 Å². The third-order valence-electron chi connectivity index (χ3n) is 2.53. The summed E-state index contributed by atoms with van der Waals surface area (Å²) in [5.41, 5.74) is 0.350. The molecule has 0 atom stereocenters. The summed E-state index contributed by atoms with van der Waals surface area (Å²) >= 11 is 3.31. The molecule has 1 amide bonds. The van der Waals surface area contributed by atoms with Gasteiger partial charge in [0.25, 0.3) is 5.91 Å². The summed E-state index contributed by atoms with van der Waals surface area (Å²) in [6, 6.07) is 4.28. The molecule has 100 valence electrons. The van der Waals surface area contributed by atoms with Gasteiger partial charge in [0.15, 0.2) is 11.6 Å². The summed E-state index contributed by atoms with van der Waals surface area (Å²) in [5, 5.41) is 0.706. The molecule has 0 aromatic heterocycles. The maximum absolute atomic E-state index is 13.5. The van der Waals surface area contributed by atoms with Crippen LogP contribution in [0.4, 0.5) is 4.39 Å². The van der Waals surface area contributed by atoms with E-state index in [-0.39, 0.29) is 11.7 Å². The Morgan fingerprint density at radius 1 is 1.44 bits per heavy atom. The van der Waals surface area contributed by atoms with Gasteiger partial charge in [-0.05, 0) is 24.6 Å². The summed E-state index contributed by atoms with van der Waals surface area (Å²) in [4.78, 5) is 13.9. The Kier molecular flexibility index (Phi) is 6.12. The fourth-order valence-corrected chi connectivity index (χ4v) is 2.10. The van der Waals surface area contributed by atoms with E-state index in [2.05, 4.69) is 15.9 Å². The third kappa shape index (κ3) is 3.70. The summed E-state index contributed by atoms with van der Waals surface area (Å²) in [7, 11) is 1.40. The van der Waals surface area contributed by atoms with Gasteiger partial charge in [-0.1, -0.05) is 22.9 Å². The van der Waals surface area contributed by atoms with Crippen LogP contribution in [0.2, 0.25) is 0 Å². The van der Waals surface area contributed by atoms with Gasteiger partial charge in [0.1, 0.15) is 0 Å². The van der Waals surface area contributed by atoms with Gasteiger partial charge in [-0.2, -0.15) is 0 Å². The van der Waals surface area contributed by atoms with Crippen molar-refractivity contribution in [3.05, 3.63) is 29.6 Å². The molecule has 0 radical (unpaired) electrons. The number of methoxy groups -OCH3 is 1. The van der Waals surface area contributed by atoms with Gasteiger partial charge in [-0.3, -0.25) is 4.79 Å². The molecule has 0 aliphatic rings. The highest BCUT2D eigenvalue weighted by Gasteiger charge is 2.16. The number of ether oxygens (including phenoxy) is 1. The lowest BCUT2D eigenvalue weighted by atomic mass is 10.1. The fourth-order valence-electron chi connectivity index (χ4n) is 1.67. The zero-order chi connectivity index (χ0) is 13.5. The number of hydrogen-bond acceptors (Lipinski definition) is 2. The van der Waals surface area contributed by atoms with Crippen molar-refractivity contribution < 1.29 is 13.9 Å². The molecule has 1 aromatic rings. The molecular formula is C13H17BrFNO2. The number of halogens is 2. The van der Waals surface area contributed by atoms with Crippen molar-refractivity contribution in [2.75, 3.05) is 25.5 Å². The minimum atomic E-state index is -0.515. The minimum Gasteiger partial charge on any atom is -0.494 e. The van der Waals surface area contributed by atoms with Gasteiger partial charge < -0.3 is 9.64 Å². The average molecular weight is 318 g/mol. The Balaban J connectivity index is 2.90. The second-order valence-corrected chi connectivity index (χ2v) is 4.62. The maximum atomic E-state index is 13.5. The minimum absolute atomic E-state index is 0.147. The van der Waals surface area contributed by atoms with Gasteiger partial charge in [-0.15, -0.1) is 0 Å². The zero-order valence-corrected chi connectivity index (χ0v) is 12.2. The summed E-state index contributed by atoms with van der Waals surface area (Å²) in [6.45, 7) is 3.28. The summed E-state index contributed by atoms with van der Waals surface area (Å²) < 4.78 is 18.4. The zero-order valence-electron chi connectivity index (χ0n) is 10.6. The standard InChI is InChI=1S/C13H17BrFNO2/c1-3-7-16(8-6-14)13(17)10-4-5-12(18-2)11(15)9-10/h4-5,9H,3,6-8H2,1-2H3. The van der Waals surface area contributed by atoms with Gasteiger partial charge in [-0.25, -0.2) is 4.39 Å². The Morgan fingerprint density at radius 3 is 2.67 bits per heavy atom. The molecule has 0 fully saturated rings.